The van der Waals surface area contributed by atoms with Gasteiger partial charge in [0.15, 0.2) is 12.4 Å². The van der Waals surface area contributed by atoms with Crippen LogP contribution in [-0.2, 0) is 4.74 Å². The zero-order valence-corrected chi connectivity index (χ0v) is 11.9. The van der Waals surface area contributed by atoms with Gasteiger partial charge >= 0.3 is 5.97 Å². The highest BCUT2D eigenvalue weighted by Gasteiger charge is 2.19. The average molecular weight is 295 g/mol. The number of hydrogen-bond donors (Lipinski definition) is 0. The van der Waals surface area contributed by atoms with E-state index < -0.39 is 5.97 Å². The molecule has 0 fully saturated rings. The van der Waals surface area contributed by atoms with Crippen LogP contribution in [0, 0.1) is 6.92 Å². The zero-order chi connectivity index (χ0) is 15.5. The summed E-state index contributed by atoms with van der Waals surface area (Å²) in [6.07, 6.45) is 2.98. The van der Waals surface area contributed by atoms with E-state index in [0.29, 0.717) is 11.3 Å². The summed E-state index contributed by atoms with van der Waals surface area (Å²) in [6, 6.07) is 10.5. The Balaban J connectivity index is 1.76. The third kappa shape index (κ3) is 2.61. The third-order valence-electron chi connectivity index (χ3n) is 3.31. The SMILES string of the molecule is Cc1oc(C(=O)COC(=O)c2ccncc2)c2ccccc12. The molecule has 0 unspecified atom stereocenters. The highest BCUT2D eigenvalue weighted by Crippen LogP contribution is 2.25. The van der Waals surface area contributed by atoms with Gasteiger partial charge in [-0.05, 0) is 19.1 Å². The van der Waals surface area contributed by atoms with Gasteiger partial charge < -0.3 is 9.15 Å². The lowest BCUT2D eigenvalue weighted by atomic mass is 10.1. The first-order valence-electron chi connectivity index (χ1n) is 6.75. The Labute approximate surface area is 126 Å². The van der Waals surface area contributed by atoms with Gasteiger partial charge in [0, 0.05) is 23.2 Å². The zero-order valence-electron chi connectivity index (χ0n) is 11.9. The number of ether oxygens (including phenoxy) is 1. The number of furan rings is 1. The number of esters is 1. The van der Waals surface area contributed by atoms with Crippen molar-refractivity contribution in [1.29, 1.82) is 0 Å². The quantitative estimate of drug-likeness (QED) is 0.546. The molecule has 1 aromatic carbocycles. The number of aromatic nitrogens is 1. The molecule has 5 heteroatoms. The van der Waals surface area contributed by atoms with Crippen LogP contribution in [0.1, 0.15) is 26.7 Å². The summed E-state index contributed by atoms with van der Waals surface area (Å²) in [7, 11) is 0. The Morgan fingerprint density at radius 3 is 2.50 bits per heavy atom. The first-order chi connectivity index (χ1) is 10.7. The van der Waals surface area contributed by atoms with Crippen molar-refractivity contribution >= 4 is 22.5 Å². The van der Waals surface area contributed by atoms with E-state index in [1.54, 1.807) is 6.92 Å². The van der Waals surface area contributed by atoms with E-state index in [0.717, 1.165) is 10.8 Å². The topological polar surface area (TPSA) is 69.4 Å². The Morgan fingerprint density at radius 1 is 1.09 bits per heavy atom. The van der Waals surface area contributed by atoms with Gasteiger partial charge in [-0.25, -0.2) is 4.79 Å². The van der Waals surface area contributed by atoms with Crippen LogP contribution in [-0.4, -0.2) is 23.3 Å². The molecule has 110 valence electrons. The molecule has 0 radical (unpaired) electrons. The van der Waals surface area contributed by atoms with Gasteiger partial charge in [0.05, 0.1) is 5.56 Å². The van der Waals surface area contributed by atoms with Crippen molar-refractivity contribution in [3.8, 4) is 0 Å². The number of ketones is 1. The molecule has 0 aliphatic heterocycles. The van der Waals surface area contributed by atoms with Crippen molar-refractivity contribution in [2.24, 2.45) is 0 Å². The van der Waals surface area contributed by atoms with Crippen LogP contribution in [0.4, 0.5) is 0 Å². The second-order valence-corrected chi connectivity index (χ2v) is 4.77. The molecule has 5 nitrogen and oxygen atoms in total. The Hall–Kier alpha value is -2.95. The van der Waals surface area contributed by atoms with Crippen molar-refractivity contribution in [3.05, 3.63) is 65.9 Å². The molecule has 2 heterocycles. The van der Waals surface area contributed by atoms with E-state index in [2.05, 4.69) is 4.98 Å². The standard InChI is InChI=1S/C17H13NO4/c1-11-13-4-2-3-5-14(13)16(22-11)15(19)10-21-17(20)12-6-8-18-9-7-12/h2-9H,10H2,1H3. The maximum atomic E-state index is 12.2. The van der Waals surface area contributed by atoms with Gasteiger partial charge in [-0.1, -0.05) is 24.3 Å². The molecule has 0 aliphatic rings. The predicted molar refractivity (Wildman–Crippen MR) is 79.8 cm³/mol. The Bertz CT molecular complexity index is 836. The van der Waals surface area contributed by atoms with Crippen LogP contribution in [0.2, 0.25) is 0 Å². The predicted octanol–water partition coefficient (Wildman–Crippen LogP) is 3.18. The van der Waals surface area contributed by atoms with E-state index >= 15 is 0 Å². The molecule has 0 N–H and O–H groups in total. The second kappa shape index (κ2) is 5.81. The first-order valence-corrected chi connectivity index (χ1v) is 6.75. The molecule has 2 aromatic heterocycles. The minimum absolute atomic E-state index is 0.218. The lowest BCUT2D eigenvalue weighted by molar-refractivity contribution is 0.0468. The number of hydrogen-bond acceptors (Lipinski definition) is 5. The van der Waals surface area contributed by atoms with E-state index in [-0.39, 0.29) is 18.2 Å². The molecule has 0 spiro atoms. The van der Waals surface area contributed by atoms with Gasteiger partial charge in [0.2, 0.25) is 5.78 Å². The number of aryl methyl sites for hydroxylation is 1. The van der Waals surface area contributed by atoms with Crippen LogP contribution in [0.3, 0.4) is 0 Å². The van der Waals surface area contributed by atoms with Crippen LogP contribution in [0.15, 0.2) is 53.2 Å². The van der Waals surface area contributed by atoms with E-state index in [1.165, 1.54) is 24.5 Å². The summed E-state index contributed by atoms with van der Waals surface area (Å²) in [5, 5.41) is 1.61. The summed E-state index contributed by atoms with van der Waals surface area (Å²) in [6.45, 7) is 1.43. The van der Waals surface area contributed by atoms with Gasteiger partial charge in [0.1, 0.15) is 5.76 Å². The first kappa shape index (κ1) is 14.0. The maximum absolute atomic E-state index is 12.2. The van der Waals surface area contributed by atoms with E-state index in [4.69, 9.17) is 9.15 Å². The van der Waals surface area contributed by atoms with Gasteiger partial charge in [-0.2, -0.15) is 0 Å². The lowest BCUT2D eigenvalue weighted by Crippen LogP contribution is -2.14. The van der Waals surface area contributed by atoms with Gasteiger partial charge in [-0.15, -0.1) is 0 Å². The largest absolute Gasteiger partial charge is 0.457 e. The third-order valence-corrected chi connectivity index (χ3v) is 3.31. The molecule has 0 aliphatic carbocycles. The number of carbonyl (C=O) groups is 2. The number of benzene rings is 1. The molecule has 0 amide bonds. The molecule has 3 aromatic rings. The van der Waals surface area contributed by atoms with Crippen LogP contribution < -0.4 is 0 Å². The fraction of sp³-hybridized carbons (Fsp3) is 0.118. The van der Waals surface area contributed by atoms with Gasteiger partial charge in [0.25, 0.3) is 0 Å². The molecular weight excluding hydrogens is 282 g/mol. The van der Waals surface area contributed by atoms with Crippen molar-refractivity contribution in [2.45, 2.75) is 6.92 Å². The minimum atomic E-state index is -0.566. The van der Waals surface area contributed by atoms with Crippen LogP contribution in [0.25, 0.3) is 10.8 Å². The number of carbonyl (C=O) groups excluding carboxylic acids is 2. The fourth-order valence-corrected chi connectivity index (χ4v) is 2.23. The Morgan fingerprint density at radius 2 is 1.77 bits per heavy atom. The summed E-state index contributed by atoms with van der Waals surface area (Å²) in [4.78, 5) is 27.9. The molecule has 0 saturated carbocycles. The summed E-state index contributed by atoms with van der Waals surface area (Å²) in [5.74, 6) is -0.0509. The number of pyridine rings is 1. The summed E-state index contributed by atoms with van der Waals surface area (Å²) >= 11 is 0. The molecule has 0 atom stereocenters. The van der Waals surface area contributed by atoms with Crippen LogP contribution in [0.5, 0.6) is 0 Å². The molecule has 0 bridgehead atoms. The highest BCUT2D eigenvalue weighted by molar-refractivity contribution is 6.08. The Kier molecular flexibility index (Phi) is 3.70. The molecule has 3 rings (SSSR count). The normalized spacial score (nSPS) is 10.6. The van der Waals surface area contributed by atoms with Gasteiger partial charge in [-0.3, -0.25) is 9.78 Å². The van der Waals surface area contributed by atoms with Crippen molar-refractivity contribution in [3.63, 3.8) is 0 Å². The van der Waals surface area contributed by atoms with E-state index in [9.17, 15) is 9.59 Å². The fourth-order valence-electron chi connectivity index (χ4n) is 2.23. The number of Topliss-reactive ketones (excluding diaryl/α,β-unsaturated/α-hetero) is 1. The lowest BCUT2D eigenvalue weighted by Gasteiger charge is -2.03. The number of fused-ring (bicyclic) bond motifs is 1. The summed E-state index contributed by atoms with van der Waals surface area (Å²) in [5.41, 5.74) is 0.350. The highest BCUT2D eigenvalue weighted by atomic mass is 16.5. The minimum Gasteiger partial charge on any atom is -0.457 e. The summed E-state index contributed by atoms with van der Waals surface area (Å²) < 4.78 is 10.5. The van der Waals surface area contributed by atoms with E-state index in [1.807, 2.05) is 24.3 Å². The smallest absolute Gasteiger partial charge is 0.338 e. The second-order valence-electron chi connectivity index (χ2n) is 4.77. The van der Waals surface area contributed by atoms with Crippen molar-refractivity contribution < 1.29 is 18.7 Å². The molecule has 0 saturated heterocycles. The number of nitrogens with zero attached hydrogens (tertiary/aromatic N) is 1. The number of rotatable bonds is 4. The molecule has 22 heavy (non-hydrogen) atoms. The van der Waals surface area contributed by atoms with Crippen LogP contribution >= 0.6 is 0 Å². The van der Waals surface area contributed by atoms with Crippen molar-refractivity contribution in [1.82, 2.24) is 4.98 Å². The van der Waals surface area contributed by atoms with Crippen molar-refractivity contribution in [2.75, 3.05) is 6.61 Å². The monoisotopic (exact) mass is 295 g/mol. The molecular formula is C17H13NO4. The maximum Gasteiger partial charge on any atom is 0.338 e. The average Bonchev–Trinajstić information content (AvgIpc) is 2.91.